The van der Waals surface area contributed by atoms with Crippen molar-refractivity contribution in [3.63, 3.8) is 0 Å². The van der Waals surface area contributed by atoms with Gasteiger partial charge in [-0.15, -0.1) is 24.0 Å². The molecule has 5 nitrogen and oxygen atoms in total. The highest BCUT2D eigenvalue weighted by Crippen LogP contribution is 2.14. The number of hydrogen-bond acceptors (Lipinski definition) is 3. The number of halogens is 1. The van der Waals surface area contributed by atoms with E-state index >= 15 is 0 Å². The molecule has 1 aromatic rings. The highest BCUT2D eigenvalue weighted by Gasteiger charge is 2.13. The lowest BCUT2D eigenvalue weighted by atomic mass is 10.1. The normalized spacial score (nSPS) is 16.5. The fourth-order valence-corrected chi connectivity index (χ4v) is 3.00. The molecule has 1 unspecified atom stereocenters. The minimum absolute atomic E-state index is 0. The molecule has 0 amide bonds. The van der Waals surface area contributed by atoms with Crippen LogP contribution in [0.25, 0.3) is 0 Å². The smallest absolute Gasteiger partial charge is 0.191 e. The molecule has 27 heavy (non-hydrogen) atoms. The molecule has 0 saturated carbocycles. The lowest BCUT2D eigenvalue weighted by molar-refractivity contribution is -0.0318. The quantitative estimate of drug-likeness (QED) is 0.238. The van der Waals surface area contributed by atoms with E-state index in [1.54, 1.807) is 0 Å². The van der Waals surface area contributed by atoms with Crippen LogP contribution in [-0.2, 0) is 15.9 Å². The molecule has 2 N–H and O–H groups in total. The fraction of sp³-hybridized carbons (Fsp3) is 0.667. The molecule has 2 rings (SSSR count). The molecule has 1 aliphatic rings. The predicted molar refractivity (Wildman–Crippen MR) is 123 cm³/mol. The van der Waals surface area contributed by atoms with E-state index in [1.807, 2.05) is 0 Å². The number of guanidine groups is 1. The SMILES string of the molecule is CCNC(=NCCCOC1CCOCC1)NC(C)c1ccc(CC)cc1.I. The second kappa shape index (κ2) is 14.2. The highest BCUT2D eigenvalue weighted by atomic mass is 127. The van der Waals surface area contributed by atoms with Gasteiger partial charge < -0.3 is 20.1 Å². The predicted octanol–water partition coefficient (Wildman–Crippen LogP) is 4.07. The first kappa shape index (κ1) is 24.2. The molecule has 1 heterocycles. The summed E-state index contributed by atoms with van der Waals surface area (Å²) in [5.74, 6) is 0.866. The van der Waals surface area contributed by atoms with Crippen molar-refractivity contribution in [3.05, 3.63) is 35.4 Å². The number of rotatable bonds is 9. The molecule has 0 spiro atoms. The van der Waals surface area contributed by atoms with Crippen molar-refractivity contribution < 1.29 is 9.47 Å². The molecular formula is C21H36IN3O2. The maximum atomic E-state index is 5.91. The topological polar surface area (TPSA) is 54.9 Å². The summed E-state index contributed by atoms with van der Waals surface area (Å²) >= 11 is 0. The molecule has 1 aliphatic heterocycles. The van der Waals surface area contributed by atoms with Crippen LogP contribution in [0.2, 0.25) is 0 Å². The van der Waals surface area contributed by atoms with Crippen molar-refractivity contribution in [1.82, 2.24) is 10.6 Å². The van der Waals surface area contributed by atoms with Crippen LogP contribution >= 0.6 is 24.0 Å². The Morgan fingerprint density at radius 1 is 1.22 bits per heavy atom. The van der Waals surface area contributed by atoms with Gasteiger partial charge >= 0.3 is 0 Å². The highest BCUT2D eigenvalue weighted by molar-refractivity contribution is 14.0. The lowest BCUT2D eigenvalue weighted by Crippen LogP contribution is -2.38. The second-order valence-corrected chi connectivity index (χ2v) is 6.76. The number of hydrogen-bond donors (Lipinski definition) is 2. The largest absolute Gasteiger partial charge is 0.381 e. The molecule has 0 radical (unpaired) electrons. The lowest BCUT2D eigenvalue weighted by Gasteiger charge is -2.22. The van der Waals surface area contributed by atoms with Crippen LogP contribution < -0.4 is 10.6 Å². The van der Waals surface area contributed by atoms with Crippen molar-refractivity contribution in [3.8, 4) is 0 Å². The van der Waals surface area contributed by atoms with Crippen LogP contribution in [0.1, 0.15) is 57.2 Å². The summed E-state index contributed by atoms with van der Waals surface area (Å²) in [6.07, 6.45) is 4.41. The van der Waals surface area contributed by atoms with E-state index < -0.39 is 0 Å². The maximum Gasteiger partial charge on any atom is 0.191 e. The Hall–Kier alpha value is -0.860. The second-order valence-electron chi connectivity index (χ2n) is 6.76. The van der Waals surface area contributed by atoms with E-state index in [4.69, 9.17) is 9.47 Å². The molecule has 154 valence electrons. The molecule has 0 bridgehead atoms. The first-order chi connectivity index (χ1) is 12.7. The van der Waals surface area contributed by atoms with Gasteiger partial charge in [-0.25, -0.2) is 0 Å². The van der Waals surface area contributed by atoms with Crippen LogP contribution in [0.3, 0.4) is 0 Å². The van der Waals surface area contributed by atoms with E-state index in [-0.39, 0.29) is 30.0 Å². The average Bonchev–Trinajstić information content (AvgIpc) is 2.68. The summed E-state index contributed by atoms with van der Waals surface area (Å²) in [7, 11) is 0. The van der Waals surface area contributed by atoms with E-state index in [2.05, 4.69) is 60.7 Å². The summed E-state index contributed by atoms with van der Waals surface area (Å²) in [6, 6.07) is 9.01. The summed E-state index contributed by atoms with van der Waals surface area (Å²) in [5, 5.41) is 6.82. The Labute approximate surface area is 181 Å². The van der Waals surface area contributed by atoms with Gasteiger partial charge in [0, 0.05) is 32.9 Å². The molecule has 6 heteroatoms. The van der Waals surface area contributed by atoms with Gasteiger partial charge in [-0.2, -0.15) is 0 Å². The number of nitrogens with one attached hydrogen (secondary N) is 2. The average molecular weight is 489 g/mol. The van der Waals surface area contributed by atoms with Gasteiger partial charge in [-0.1, -0.05) is 31.2 Å². The van der Waals surface area contributed by atoms with Crippen LogP contribution in [0.15, 0.2) is 29.3 Å². The van der Waals surface area contributed by atoms with Crippen LogP contribution in [-0.4, -0.2) is 45.0 Å². The van der Waals surface area contributed by atoms with Gasteiger partial charge in [0.1, 0.15) is 0 Å². The van der Waals surface area contributed by atoms with Gasteiger partial charge in [-0.05, 0) is 50.7 Å². The van der Waals surface area contributed by atoms with Gasteiger partial charge in [0.2, 0.25) is 0 Å². The molecule has 1 aromatic carbocycles. The summed E-state index contributed by atoms with van der Waals surface area (Å²) in [4.78, 5) is 4.69. The van der Waals surface area contributed by atoms with Gasteiger partial charge in [0.15, 0.2) is 5.96 Å². The van der Waals surface area contributed by atoms with Crippen LogP contribution in [0, 0.1) is 0 Å². The Kier molecular flexibility index (Phi) is 12.7. The van der Waals surface area contributed by atoms with Crippen molar-refractivity contribution >= 4 is 29.9 Å². The summed E-state index contributed by atoms with van der Waals surface area (Å²) in [5.41, 5.74) is 2.64. The molecule has 1 fully saturated rings. The zero-order valence-electron chi connectivity index (χ0n) is 17.0. The van der Waals surface area contributed by atoms with Crippen molar-refractivity contribution in [2.45, 2.75) is 58.6 Å². The minimum Gasteiger partial charge on any atom is -0.381 e. The monoisotopic (exact) mass is 489 g/mol. The third-order valence-corrected chi connectivity index (χ3v) is 4.68. The number of nitrogens with zero attached hydrogens (tertiary/aromatic N) is 1. The van der Waals surface area contributed by atoms with Gasteiger partial charge in [-0.3, -0.25) is 4.99 Å². The van der Waals surface area contributed by atoms with Crippen molar-refractivity contribution in [2.75, 3.05) is 32.9 Å². The van der Waals surface area contributed by atoms with Crippen LogP contribution in [0.4, 0.5) is 0 Å². The Balaban J connectivity index is 0.00000364. The maximum absolute atomic E-state index is 5.91. The van der Waals surface area contributed by atoms with E-state index in [1.165, 1.54) is 11.1 Å². The molecule has 0 aliphatic carbocycles. The zero-order chi connectivity index (χ0) is 18.6. The number of aryl methyl sites for hydroxylation is 1. The molecule has 1 saturated heterocycles. The van der Waals surface area contributed by atoms with Crippen LogP contribution in [0.5, 0.6) is 0 Å². The third-order valence-electron chi connectivity index (χ3n) is 4.68. The van der Waals surface area contributed by atoms with Gasteiger partial charge in [0.05, 0.1) is 12.1 Å². The number of aliphatic imine (C=N–C) groups is 1. The molecule has 1 atom stereocenters. The van der Waals surface area contributed by atoms with E-state index in [9.17, 15) is 0 Å². The molecule has 0 aromatic heterocycles. The van der Waals surface area contributed by atoms with E-state index in [0.717, 1.165) is 64.6 Å². The summed E-state index contributed by atoms with van der Waals surface area (Å²) in [6.45, 7) is 10.5. The fourth-order valence-electron chi connectivity index (χ4n) is 3.00. The minimum atomic E-state index is 0. The first-order valence-corrected chi connectivity index (χ1v) is 10.1. The van der Waals surface area contributed by atoms with Crippen molar-refractivity contribution in [1.29, 1.82) is 0 Å². The number of ether oxygens (including phenoxy) is 2. The van der Waals surface area contributed by atoms with E-state index in [0.29, 0.717) is 6.10 Å². The van der Waals surface area contributed by atoms with Gasteiger partial charge in [0.25, 0.3) is 0 Å². The third kappa shape index (κ3) is 9.25. The Morgan fingerprint density at radius 3 is 2.56 bits per heavy atom. The van der Waals surface area contributed by atoms with Crippen molar-refractivity contribution in [2.24, 2.45) is 4.99 Å². The Morgan fingerprint density at radius 2 is 1.93 bits per heavy atom. The zero-order valence-corrected chi connectivity index (χ0v) is 19.3. The Bertz CT molecular complexity index is 531. The number of benzene rings is 1. The first-order valence-electron chi connectivity index (χ1n) is 10.1. The molecular weight excluding hydrogens is 453 g/mol. The standard InChI is InChI=1S/C21H35N3O2.HI/c1-4-18-7-9-19(10-8-18)17(3)24-21(22-5-2)23-13-6-14-26-20-11-15-25-16-12-20;/h7-10,17,20H,4-6,11-16H2,1-3H3,(H2,22,23,24);1H. The summed E-state index contributed by atoms with van der Waals surface area (Å²) < 4.78 is 11.3.